The molecule has 3 aliphatic rings. The lowest BCUT2D eigenvalue weighted by Crippen LogP contribution is -2.42. The van der Waals surface area contributed by atoms with E-state index in [4.69, 9.17) is 10.5 Å². The summed E-state index contributed by atoms with van der Waals surface area (Å²) in [6, 6.07) is 7.09. The Balaban J connectivity index is 1.11. The zero-order chi connectivity index (χ0) is 34.7. The summed E-state index contributed by atoms with van der Waals surface area (Å²) in [7, 11) is 1.66. The van der Waals surface area contributed by atoms with E-state index in [2.05, 4.69) is 31.6 Å². The number of likely N-dealkylation sites (tertiary alicyclic amines) is 1. The van der Waals surface area contributed by atoms with Gasteiger partial charge >= 0.3 is 6.18 Å². The number of amides is 1. The van der Waals surface area contributed by atoms with Crippen LogP contribution in [0.4, 0.5) is 24.7 Å². The molecule has 266 valence electrons. The summed E-state index contributed by atoms with van der Waals surface area (Å²) >= 11 is 0. The molecule has 1 saturated carbocycles. The average molecular weight is 681 g/mol. The SMILES string of the molecule is COc1cc2nc(C)nc(N[C@H](C)c3cc(N)cc(C(F)(F)F)c3)c2cc1C1CCC(C(=O)N2CCC(CCC3CCNCC3)CC2)CC1. The summed E-state index contributed by atoms with van der Waals surface area (Å²) in [6.45, 7) is 7.65. The molecule has 1 aliphatic carbocycles. The van der Waals surface area contributed by atoms with Crippen molar-refractivity contribution in [1.82, 2.24) is 20.2 Å². The zero-order valence-corrected chi connectivity index (χ0v) is 29.0. The van der Waals surface area contributed by atoms with Gasteiger partial charge in [-0.2, -0.15) is 13.2 Å². The number of hydrogen-bond donors (Lipinski definition) is 3. The van der Waals surface area contributed by atoms with Crippen molar-refractivity contribution in [3.63, 3.8) is 0 Å². The van der Waals surface area contributed by atoms with E-state index in [0.29, 0.717) is 28.6 Å². The van der Waals surface area contributed by atoms with Crippen molar-refractivity contribution in [3.05, 3.63) is 52.8 Å². The Morgan fingerprint density at radius 1 is 0.980 bits per heavy atom. The summed E-state index contributed by atoms with van der Waals surface area (Å²) in [5, 5.41) is 7.57. The predicted octanol–water partition coefficient (Wildman–Crippen LogP) is 8.01. The Hall–Kier alpha value is -3.60. The minimum atomic E-state index is -4.50. The summed E-state index contributed by atoms with van der Waals surface area (Å²) in [4.78, 5) is 25.0. The summed E-state index contributed by atoms with van der Waals surface area (Å²) in [6.07, 6.45) is 6.40. The minimum absolute atomic E-state index is 0.0516. The first-order valence-corrected chi connectivity index (χ1v) is 18.1. The minimum Gasteiger partial charge on any atom is -0.496 e. The number of nitrogens with zero attached hydrogens (tertiary/aromatic N) is 3. The molecule has 2 saturated heterocycles. The number of benzene rings is 2. The molecule has 3 heterocycles. The number of nitrogens with one attached hydrogen (secondary N) is 2. The molecule has 8 nitrogen and oxygen atoms in total. The zero-order valence-electron chi connectivity index (χ0n) is 29.0. The number of nitrogen functional groups attached to an aromatic ring is 1. The van der Waals surface area contributed by atoms with Crippen LogP contribution >= 0.6 is 0 Å². The third-order valence-corrected chi connectivity index (χ3v) is 11.2. The summed E-state index contributed by atoms with van der Waals surface area (Å²) in [5.41, 5.74) is 7.27. The number of nitrogens with two attached hydrogens (primary N) is 1. The van der Waals surface area contributed by atoms with Crippen molar-refractivity contribution >= 4 is 28.3 Å². The maximum atomic E-state index is 13.6. The first-order valence-electron chi connectivity index (χ1n) is 18.1. The molecule has 3 aromatic rings. The molecule has 49 heavy (non-hydrogen) atoms. The van der Waals surface area contributed by atoms with Crippen molar-refractivity contribution in [2.24, 2.45) is 17.8 Å². The van der Waals surface area contributed by atoms with Crippen LogP contribution in [0.15, 0.2) is 30.3 Å². The molecule has 1 aromatic heterocycles. The molecule has 1 amide bonds. The molecule has 0 radical (unpaired) electrons. The van der Waals surface area contributed by atoms with Gasteiger partial charge < -0.3 is 26.0 Å². The van der Waals surface area contributed by atoms with Gasteiger partial charge in [0.1, 0.15) is 17.4 Å². The molecule has 0 bridgehead atoms. The largest absolute Gasteiger partial charge is 0.496 e. The Kier molecular flexibility index (Phi) is 10.9. The second-order valence-corrected chi connectivity index (χ2v) is 14.6. The first kappa shape index (κ1) is 35.2. The van der Waals surface area contributed by atoms with Gasteiger partial charge in [-0.1, -0.05) is 12.8 Å². The van der Waals surface area contributed by atoms with Gasteiger partial charge in [-0.3, -0.25) is 4.79 Å². The highest BCUT2D eigenvalue weighted by molar-refractivity contribution is 5.91. The summed E-state index contributed by atoms with van der Waals surface area (Å²) < 4.78 is 46.4. The fourth-order valence-corrected chi connectivity index (χ4v) is 8.27. The smallest absolute Gasteiger partial charge is 0.416 e. The van der Waals surface area contributed by atoms with Gasteiger partial charge in [0.05, 0.1) is 24.2 Å². The van der Waals surface area contributed by atoms with Crippen LogP contribution in [-0.2, 0) is 11.0 Å². The molecule has 2 aromatic carbocycles. The number of carbonyl (C=O) groups excluding carboxylic acids is 1. The highest BCUT2D eigenvalue weighted by Gasteiger charge is 2.34. The number of fused-ring (bicyclic) bond motifs is 1. The third kappa shape index (κ3) is 8.41. The van der Waals surface area contributed by atoms with E-state index in [9.17, 15) is 18.0 Å². The van der Waals surface area contributed by atoms with Crippen LogP contribution in [0.5, 0.6) is 5.75 Å². The Bertz CT molecular complexity index is 1610. The fraction of sp³-hybridized carbons (Fsp3) is 0.605. The van der Waals surface area contributed by atoms with E-state index in [0.717, 1.165) is 105 Å². The third-order valence-electron chi connectivity index (χ3n) is 11.2. The number of alkyl halides is 3. The number of hydrogen-bond acceptors (Lipinski definition) is 7. The van der Waals surface area contributed by atoms with Crippen LogP contribution in [0, 0.1) is 24.7 Å². The standard InChI is InChI=1S/C38H51F3N6O2/c1-23(29-18-30(38(39,40)41)20-31(42)19-29)44-36-33-21-32(35(49-3)22-34(33)45-24(2)46-36)27-6-8-28(9-7-27)37(48)47-16-12-26(13-17-47)5-4-25-10-14-43-15-11-25/h18-23,25-28,43H,4-17,42H2,1-3H3,(H,44,45,46)/t23-,27?,28?/m1/s1. The maximum absolute atomic E-state index is 13.6. The molecule has 4 N–H and O–H groups in total. The highest BCUT2D eigenvalue weighted by atomic mass is 19.4. The van der Waals surface area contributed by atoms with Crippen LogP contribution in [0.2, 0.25) is 0 Å². The van der Waals surface area contributed by atoms with E-state index in [1.165, 1.54) is 25.7 Å². The highest BCUT2D eigenvalue weighted by Crippen LogP contribution is 2.43. The topological polar surface area (TPSA) is 105 Å². The molecule has 0 spiro atoms. The number of ether oxygens (including phenoxy) is 1. The van der Waals surface area contributed by atoms with Crippen molar-refractivity contribution in [2.45, 2.75) is 96.2 Å². The van der Waals surface area contributed by atoms with Gasteiger partial charge in [0.2, 0.25) is 5.91 Å². The number of methoxy groups -OCH3 is 1. The van der Waals surface area contributed by atoms with Crippen molar-refractivity contribution < 1.29 is 22.7 Å². The molecule has 3 fully saturated rings. The molecule has 0 unspecified atom stereocenters. The molecular formula is C38H51F3N6O2. The number of carbonyl (C=O) groups is 1. The molecule has 6 rings (SSSR count). The van der Waals surface area contributed by atoms with E-state index in [1.807, 2.05) is 6.07 Å². The lowest BCUT2D eigenvalue weighted by atomic mass is 9.77. The maximum Gasteiger partial charge on any atom is 0.416 e. The van der Waals surface area contributed by atoms with Gasteiger partial charge in [-0.15, -0.1) is 0 Å². The van der Waals surface area contributed by atoms with Crippen molar-refractivity contribution in [3.8, 4) is 5.75 Å². The molecule has 11 heteroatoms. The second kappa shape index (κ2) is 15.1. The predicted molar refractivity (Wildman–Crippen MR) is 188 cm³/mol. The van der Waals surface area contributed by atoms with Crippen molar-refractivity contribution in [1.29, 1.82) is 0 Å². The van der Waals surface area contributed by atoms with E-state index in [-0.39, 0.29) is 17.5 Å². The van der Waals surface area contributed by atoms with Gasteiger partial charge in [0.15, 0.2) is 0 Å². The number of rotatable bonds is 9. The van der Waals surface area contributed by atoms with Crippen molar-refractivity contribution in [2.75, 3.05) is 44.3 Å². The molecule has 1 atom stereocenters. The number of halogens is 3. The monoisotopic (exact) mass is 680 g/mol. The summed E-state index contributed by atoms with van der Waals surface area (Å²) in [5.74, 6) is 4.01. The Morgan fingerprint density at radius 2 is 1.65 bits per heavy atom. The average Bonchev–Trinajstić information content (AvgIpc) is 3.10. The van der Waals surface area contributed by atoms with E-state index < -0.39 is 17.8 Å². The first-order chi connectivity index (χ1) is 23.5. The number of anilines is 2. The normalized spacial score (nSPS) is 21.9. The van der Waals surface area contributed by atoms with Crippen LogP contribution in [0.3, 0.4) is 0 Å². The fourth-order valence-electron chi connectivity index (χ4n) is 8.27. The Labute approximate surface area is 287 Å². The second-order valence-electron chi connectivity index (χ2n) is 14.6. The van der Waals surface area contributed by atoms with Gasteiger partial charge in [0, 0.05) is 36.1 Å². The lowest BCUT2D eigenvalue weighted by Gasteiger charge is -2.37. The lowest BCUT2D eigenvalue weighted by molar-refractivity contribution is -0.138. The number of aryl methyl sites for hydroxylation is 1. The quantitative estimate of drug-likeness (QED) is 0.197. The van der Waals surface area contributed by atoms with Crippen LogP contribution < -0.4 is 21.1 Å². The number of aromatic nitrogens is 2. The Morgan fingerprint density at radius 3 is 2.31 bits per heavy atom. The molecular weight excluding hydrogens is 629 g/mol. The van der Waals surface area contributed by atoms with E-state index >= 15 is 0 Å². The molecule has 2 aliphatic heterocycles. The van der Waals surface area contributed by atoms with Gasteiger partial charge in [-0.25, -0.2) is 9.97 Å². The van der Waals surface area contributed by atoms with Crippen LogP contribution in [-0.4, -0.2) is 54.1 Å². The number of piperidine rings is 2. The van der Waals surface area contributed by atoms with Gasteiger partial charge in [-0.05, 0) is 131 Å². The van der Waals surface area contributed by atoms with E-state index in [1.54, 1.807) is 27.0 Å². The van der Waals surface area contributed by atoms with Gasteiger partial charge in [0.25, 0.3) is 0 Å². The van der Waals surface area contributed by atoms with Crippen LogP contribution in [0.25, 0.3) is 10.9 Å². The van der Waals surface area contributed by atoms with Crippen LogP contribution in [0.1, 0.15) is 106 Å².